The number of nitrogens with zero attached hydrogens (tertiary/aromatic N) is 2. The van der Waals surface area contributed by atoms with Gasteiger partial charge in [0.2, 0.25) is 21.8 Å². The van der Waals surface area contributed by atoms with E-state index in [-0.39, 0.29) is 49.2 Å². The summed E-state index contributed by atoms with van der Waals surface area (Å²) in [6.07, 6.45) is 0.912. The van der Waals surface area contributed by atoms with Crippen LogP contribution in [-0.2, 0) is 31.0 Å². The highest BCUT2D eigenvalue weighted by Crippen LogP contribution is 2.32. The third kappa shape index (κ3) is 4.66. The lowest BCUT2D eigenvalue weighted by Gasteiger charge is -2.25. The van der Waals surface area contributed by atoms with E-state index in [0.29, 0.717) is 19.6 Å². The molecular formula is C18H25N3O5S. The zero-order valence-corrected chi connectivity index (χ0v) is 16.2. The van der Waals surface area contributed by atoms with Crippen molar-refractivity contribution in [1.29, 1.82) is 0 Å². The number of fused-ring (bicyclic) bond motifs is 1. The summed E-state index contributed by atoms with van der Waals surface area (Å²) in [4.78, 5) is 28.1. The number of nitrogens with one attached hydrogen (secondary N) is 1. The van der Waals surface area contributed by atoms with Crippen LogP contribution < -0.4 is 4.72 Å². The van der Waals surface area contributed by atoms with Crippen LogP contribution in [0.25, 0.3) is 0 Å². The molecule has 1 aromatic rings. The molecule has 0 saturated carbocycles. The molecule has 0 spiro atoms. The van der Waals surface area contributed by atoms with Gasteiger partial charge in [-0.1, -0.05) is 30.3 Å². The lowest BCUT2D eigenvalue weighted by molar-refractivity contribution is -0.137. The summed E-state index contributed by atoms with van der Waals surface area (Å²) in [6, 6.07) is 9.32. The summed E-state index contributed by atoms with van der Waals surface area (Å²) in [5.41, 5.74) is 0.998. The van der Waals surface area contributed by atoms with Crippen LogP contribution in [0.1, 0.15) is 18.4 Å². The molecule has 0 radical (unpaired) electrons. The zero-order valence-electron chi connectivity index (χ0n) is 15.3. The molecule has 0 bridgehead atoms. The van der Waals surface area contributed by atoms with Gasteiger partial charge in [-0.25, -0.2) is 13.1 Å². The fourth-order valence-corrected chi connectivity index (χ4v) is 4.40. The van der Waals surface area contributed by atoms with Gasteiger partial charge in [0.05, 0.1) is 24.4 Å². The SMILES string of the molecule is CNS(=O)(=O)CCN1C(=O)C[C@H]2[C@@H]1CCN2C(=O)COCc1ccccc1. The third-order valence-corrected chi connectivity index (χ3v) is 6.53. The summed E-state index contributed by atoms with van der Waals surface area (Å²) >= 11 is 0. The number of hydrogen-bond acceptors (Lipinski definition) is 5. The number of carbonyl (C=O) groups excluding carboxylic acids is 2. The predicted octanol–water partition coefficient (Wildman–Crippen LogP) is -0.0458. The Balaban J connectivity index is 1.52. The van der Waals surface area contributed by atoms with Crippen LogP contribution in [0.15, 0.2) is 30.3 Å². The Labute approximate surface area is 159 Å². The number of sulfonamides is 1. The van der Waals surface area contributed by atoms with E-state index in [4.69, 9.17) is 4.74 Å². The molecular weight excluding hydrogens is 370 g/mol. The lowest BCUT2D eigenvalue weighted by Crippen LogP contribution is -2.42. The van der Waals surface area contributed by atoms with Crippen LogP contribution in [0.5, 0.6) is 0 Å². The lowest BCUT2D eigenvalue weighted by atomic mass is 10.1. The fraction of sp³-hybridized carbons (Fsp3) is 0.556. The fourth-order valence-electron chi connectivity index (χ4n) is 3.76. The molecule has 2 amide bonds. The van der Waals surface area contributed by atoms with Crippen LogP contribution in [-0.4, -0.2) is 74.6 Å². The molecule has 0 aromatic heterocycles. The van der Waals surface area contributed by atoms with Crippen LogP contribution in [0, 0.1) is 0 Å². The summed E-state index contributed by atoms with van der Waals surface area (Å²) in [5, 5.41) is 0. The minimum Gasteiger partial charge on any atom is -0.367 e. The summed E-state index contributed by atoms with van der Waals surface area (Å²) in [5.74, 6) is -0.359. The zero-order chi connectivity index (χ0) is 19.4. The van der Waals surface area contributed by atoms with Crippen molar-refractivity contribution in [3.8, 4) is 0 Å². The third-order valence-electron chi connectivity index (χ3n) is 5.18. The molecule has 2 atom stereocenters. The number of ether oxygens (including phenoxy) is 1. The average molecular weight is 395 g/mol. The Kier molecular flexibility index (Phi) is 6.13. The van der Waals surface area contributed by atoms with E-state index < -0.39 is 10.0 Å². The van der Waals surface area contributed by atoms with Gasteiger partial charge in [-0.3, -0.25) is 9.59 Å². The number of hydrogen-bond donors (Lipinski definition) is 1. The maximum absolute atomic E-state index is 12.5. The molecule has 0 aliphatic carbocycles. The molecule has 27 heavy (non-hydrogen) atoms. The van der Waals surface area contributed by atoms with Gasteiger partial charge >= 0.3 is 0 Å². The smallest absolute Gasteiger partial charge is 0.248 e. The standard InChI is InChI=1S/C18H25N3O5S/c1-19-27(24,25)10-9-21-15-7-8-20(16(15)11-17(21)22)18(23)13-26-12-14-5-3-2-4-6-14/h2-6,15-16,19H,7-13H2,1H3/t15-,16-/m0/s1. The highest BCUT2D eigenvalue weighted by atomic mass is 32.2. The van der Waals surface area contributed by atoms with E-state index in [1.165, 1.54) is 7.05 Å². The van der Waals surface area contributed by atoms with Crippen molar-refractivity contribution in [2.75, 3.05) is 32.5 Å². The first-order chi connectivity index (χ1) is 12.9. The van der Waals surface area contributed by atoms with Crippen molar-refractivity contribution >= 4 is 21.8 Å². The molecule has 0 unspecified atom stereocenters. The first kappa shape index (κ1) is 19.8. The molecule has 3 rings (SSSR count). The largest absolute Gasteiger partial charge is 0.367 e. The number of rotatable bonds is 8. The first-order valence-corrected chi connectivity index (χ1v) is 10.7. The van der Waals surface area contributed by atoms with Crippen LogP contribution in [0.4, 0.5) is 0 Å². The Bertz CT molecular complexity index is 783. The Morgan fingerprint density at radius 3 is 2.70 bits per heavy atom. The van der Waals surface area contributed by atoms with Gasteiger partial charge in [0.15, 0.2) is 0 Å². The molecule has 2 heterocycles. The highest BCUT2D eigenvalue weighted by molar-refractivity contribution is 7.89. The molecule has 148 valence electrons. The van der Waals surface area contributed by atoms with Crippen molar-refractivity contribution in [1.82, 2.24) is 14.5 Å². The van der Waals surface area contributed by atoms with Gasteiger partial charge in [-0.15, -0.1) is 0 Å². The minimum absolute atomic E-state index is 0.0273. The molecule has 1 aromatic carbocycles. The van der Waals surface area contributed by atoms with Crippen LogP contribution >= 0.6 is 0 Å². The second-order valence-corrected chi connectivity index (χ2v) is 8.85. The maximum atomic E-state index is 12.5. The number of carbonyl (C=O) groups is 2. The average Bonchev–Trinajstić information content (AvgIpc) is 3.19. The van der Waals surface area contributed by atoms with Crippen LogP contribution in [0.3, 0.4) is 0 Å². The van der Waals surface area contributed by atoms with Crippen molar-refractivity contribution in [2.45, 2.75) is 31.5 Å². The second kappa shape index (κ2) is 8.37. The quantitative estimate of drug-likeness (QED) is 0.666. The van der Waals surface area contributed by atoms with E-state index in [1.807, 2.05) is 30.3 Å². The van der Waals surface area contributed by atoms with E-state index in [9.17, 15) is 18.0 Å². The van der Waals surface area contributed by atoms with Crippen molar-refractivity contribution < 1.29 is 22.7 Å². The molecule has 2 fully saturated rings. The van der Waals surface area contributed by atoms with E-state index in [1.54, 1.807) is 9.80 Å². The topological polar surface area (TPSA) is 96.0 Å². The number of amides is 2. The summed E-state index contributed by atoms with van der Waals surface area (Å²) in [6.45, 7) is 1.04. The van der Waals surface area contributed by atoms with Crippen LogP contribution in [0.2, 0.25) is 0 Å². The molecule has 1 N–H and O–H groups in total. The van der Waals surface area contributed by atoms with Gasteiger partial charge in [0, 0.05) is 19.5 Å². The van der Waals surface area contributed by atoms with Crippen molar-refractivity contribution in [3.63, 3.8) is 0 Å². The Hall–Kier alpha value is -1.97. The van der Waals surface area contributed by atoms with Crippen molar-refractivity contribution in [3.05, 3.63) is 35.9 Å². The number of benzene rings is 1. The molecule has 2 aliphatic heterocycles. The number of likely N-dealkylation sites (tertiary alicyclic amines) is 2. The predicted molar refractivity (Wildman–Crippen MR) is 99.2 cm³/mol. The van der Waals surface area contributed by atoms with E-state index in [0.717, 1.165) is 5.56 Å². The van der Waals surface area contributed by atoms with Gasteiger partial charge in [-0.05, 0) is 19.0 Å². The molecule has 2 aliphatic rings. The van der Waals surface area contributed by atoms with Gasteiger partial charge < -0.3 is 14.5 Å². The van der Waals surface area contributed by atoms with Gasteiger partial charge in [-0.2, -0.15) is 0 Å². The first-order valence-electron chi connectivity index (χ1n) is 9.03. The Morgan fingerprint density at radius 2 is 2.00 bits per heavy atom. The Morgan fingerprint density at radius 1 is 1.26 bits per heavy atom. The normalized spacial score (nSPS) is 22.3. The molecule has 9 heteroatoms. The van der Waals surface area contributed by atoms with Gasteiger partial charge in [0.1, 0.15) is 6.61 Å². The molecule has 2 saturated heterocycles. The summed E-state index contributed by atoms with van der Waals surface area (Å²) < 4.78 is 31.0. The van der Waals surface area contributed by atoms with Gasteiger partial charge in [0.25, 0.3) is 0 Å². The minimum atomic E-state index is -3.37. The molecule has 8 nitrogen and oxygen atoms in total. The second-order valence-electron chi connectivity index (χ2n) is 6.80. The van der Waals surface area contributed by atoms with E-state index >= 15 is 0 Å². The van der Waals surface area contributed by atoms with Crippen molar-refractivity contribution in [2.24, 2.45) is 0 Å². The summed E-state index contributed by atoms with van der Waals surface area (Å²) in [7, 11) is -2.02. The monoisotopic (exact) mass is 395 g/mol. The van der Waals surface area contributed by atoms with E-state index in [2.05, 4.69) is 4.72 Å². The maximum Gasteiger partial charge on any atom is 0.248 e. The highest BCUT2D eigenvalue weighted by Gasteiger charge is 2.48.